The van der Waals surface area contributed by atoms with Crippen LogP contribution in [0.25, 0.3) is 0 Å². The summed E-state index contributed by atoms with van der Waals surface area (Å²) >= 11 is 0. The summed E-state index contributed by atoms with van der Waals surface area (Å²) in [6.45, 7) is 6.01. The van der Waals surface area contributed by atoms with Gasteiger partial charge in [-0.2, -0.15) is 0 Å². The number of nitrogens with two attached hydrogens (primary N) is 1. The number of aryl methyl sites for hydroxylation is 1. The lowest BCUT2D eigenvalue weighted by Gasteiger charge is -2.21. The van der Waals surface area contributed by atoms with Gasteiger partial charge in [0.05, 0.1) is 0 Å². The SMILES string of the molecule is CCn1ccnc(N(C)CC(C)CN)c1=O. The molecule has 0 saturated heterocycles. The second-order valence-corrected chi connectivity index (χ2v) is 4.06. The molecule has 5 nitrogen and oxygen atoms in total. The molecule has 0 aliphatic carbocycles. The van der Waals surface area contributed by atoms with Crippen LogP contribution in [0.2, 0.25) is 0 Å². The Morgan fingerprint density at radius 3 is 2.88 bits per heavy atom. The zero-order valence-corrected chi connectivity index (χ0v) is 10.2. The van der Waals surface area contributed by atoms with E-state index in [1.165, 1.54) is 0 Å². The number of anilines is 1. The Bertz CT molecular complexity index is 388. The summed E-state index contributed by atoms with van der Waals surface area (Å²) in [6, 6.07) is 0. The molecule has 2 N–H and O–H groups in total. The van der Waals surface area contributed by atoms with Crippen LogP contribution in [0.3, 0.4) is 0 Å². The van der Waals surface area contributed by atoms with Crippen molar-refractivity contribution in [3.05, 3.63) is 22.7 Å². The summed E-state index contributed by atoms with van der Waals surface area (Å²) in [7, 11) is 1.87. The predicted molar refractivity (Wildman–Crippen MR) is 65.7 cm³/mol. The molecule has 1 aromatic rings. The van der Waals surface area contributed by atoms with Gasteiger partial charge < -0.3 is 15.2 Å². The lowest BCUT2D eigenvalue weighted by molar-refractivity contribution is 0.583. The molecule has 0 bridgehead atoms. The Kier molecular flexibility index (Phi) is 4.49. The van der Waals surface area contributed by atoms with E-state index in [-0.39, 0.29) is 5.56 Å². The highest BCUT2D eigenvalue weighted by atomic mass is 16.1. The number of rotatable bonds is 5. The molecule has 0 radical (unpaired) electrons. The van der Waals surface area contributed by atoms with E-state index in [9.17, 15) is 4.79 Å². The Morgan fingerprint density at radius 2 is 2.31 bits per heavy atom. The molecular formula is C11H20N4O. The van der Waals surface area contributed by atoms with Gasteiger partial charge in [0.15, 0.2) is 5.82 Å². The van der Waals surface area contributed by atoms with Gasteiger partial charge in [-0.3, -0.25) is 4.79 Å². The Hall–Kier alpha value is -1.36. The largest absolute Gasteiger partial charge is 0.355 e. The molecule has 1 atom stereocenters. The molecule has 0 spiro atoms. The molecule has 0 aromatic carbocycles. The quantitative estimate of drug-likeness (QED) is 0.781. The van der Waals surface area contributed by atoms with Gasteiger partial charge in [-0.15, -0.1) is 0 Å². The average molecular weight is 224 g/mol. The number of nitrogens with zero attached hydrogens (tertiary/aromatic N) is 3. The van der Waals surface area contributed by atoms with E-state index in [1.54, 1.807) is 17.0 Å². The molecule has 0 aliphatic rings. The van der Waals surface area contributed by atoms with Crippen molar-refractivity contribution in [1.82, 2.24) is 9.55 Å². The number of hydrogen-bond acceptors (Lipinski definition) is 4. The van der Waals surface area contributed by atoms with Crippen molar-refractivity contribution in [3.63, 3.8) is 0 Å². The molecule has 1 aromatic heterocycles. The molecule has 90 valence electrons. The maximum absolute atomic E-state index is 11.9. The minimum atomic E-state index is -0.0447. The van der Waals surface area contributed by atoms with Crippen LogP contribution in [-0.4, -0.2) is 29.7 Å². The molecule has 5 heteroatoms. The monoisotopic (exact) mass is 224 g/mol. The lowest BCUT2D eigenvalue weighted by Crippen LogP contribution is -2.34. The van der Waals surface area contributed by atoms with Crippen LogP contribution in [0.15, 0.2) is 17.2 Å². The average Bonchev–Trinajstić information content (AvgIpc) is 2.29. The number of aromatic nitrogens is 2. The first-order valence-electron chi connectivity index (χ1n) is 5.56. The summed E-state index contributed by atoms with van der Waals surface area (Å²) in [4.78, 5) is 17.9. The van der Waals surface area contributed by atoms with Crippen molar-refractivity contribution in [2.24, 2.45) is 11.7 Å². The zero-order chi connectivity index (χ0) is 12.1. The van der Waals surface area contributed by atoms with E-state index in [0.29, 0.717) is 24.8 Å². The van der Waals surface area contributed by atoms with E-state index in [2.05, 4.69) is 11.9 Å². The first kappa shape index (κ1) is 12.7. The smallest absolute Gasteiger partial charge is 0.293 e. The standard InChI is InChI=1S/C11H20N4O/c1-4-15-6-5-13-10(11(15)16)14(3)8-9(2)7-12/h5-6,9H,4,7-8,12H2,1-3H3. The fourth-order valence-electron chi connectivity index (χ4n) is 1.58. The van der Waals surface area contributed by atoms with Crippen LogP contribution in [0.1, 0.15) is 13.8 Å². The zero-order valence-electron chi connectivity index (χ0n) is 10.2. The highest BCUT2D eigenvalue weighted by Gasteiger charge is 2.11. The third-order valence-electron chi connectivity index (χ3n) is 2.59. The van der Waals surface area contributed by atoms with Gasteiger partial charge in [0.1, 0.15) is 0 Å². The third kappa shape index (κ3) is 2.82. The van der Waals surface area contributed by atoms with Crippen LogP contribution in [0.4, 0.5) is 5.82 Å². The van der Waals surface area contributed by atoms with E-state index in [4.69, 9.17) is 5.73 Å². The van der Waals surface area contributed by atoms with Crippen molar-refractivity contribution in [3.8, 4) is 0 Å². The molecule has 1 rings (SSSR count). The molecule has 1 unspecified atom stereocenters. The summed E-state index contributed by atoms with van der Waals surface area (Å²) in [6.07, 6.45) is 3.36. The topological polar surface area (TPSA) is 64.2 Å². The molecule has 1 heterocycles. The van der Waals surface area contributed by atoms with E-state index in [1.807, 2.05) is 18.9 Å². The second kappa shape index (κ2) is 5.65. The summed E-state index contributed by atoms with van der Waals surface area (Å²) < 4.78 is 1.64. The van der Waals surface area contributed by atoms with Crippen molar-refractivity contribution < 1.29 is 0 Å². The summed E-state index contributed by atoms with van der Waals surface area (Å²) in [5, 5.41) is 0. The van der Waals surface area contributed by atoms with Crippen LogP contribution in [-0.2, 0) is 6.54 Å². The van der Waals surface area contributed by atoms with Gasteiger partial charge in [-0.1, -0.05) is 6.92 Å². The summed E-state index contributed by atoms with van der Waals surface area (Å²) in [5.74, 6) is 0.839. The van der Waals surface area contributed by atoms with E-state index in [0.717, 1.165) is 6.54 Å². The van der Waals surface area contributed by atoms with Crippen molar-refractivity contribution in [2.45, 2.75) is 20.4 Å². The van der Waals surface area contributed by atoms with Crippen LogP contribution in [0, 0.1) is 5.92 Å². The van der Waals surface area contributed by atoms with Crippen molar-refractivity contribution >= 4 is 5.82 Å². The fourth-order valence-corrected chi connectivity index (χ4v) is 1.58. The summed E-state index contributed by atoms with van der Waals surface area (Å²) in [5.41, 5.74) is 5.52. The molecule has 0 fully saturated rings. The van der Waals surface area contributed by atoms with Gasteiger partial charge in [0.25, 0.3) is 5.56 Å². The Morgan fingerprint density at radius 1 is 1.62 bits per heavy atom. The Balaban J connectivity index is 2.91. The first-order valence-corrected chi connectivity index (χ1v) is 5.56. The van der Waals surface area contributed by atoms with E-state index < -0.39 is 0 Å². The highest BCUT2D eigenvalue weighted by Crippen LogP contribution is 2.04. The van der Waals surface area contributed by atoms with Crippen molar-refractivity contribution in [2.75, 3.05) is 25.0 Å². The normalized spacial score (nSPS) is 12.5. The van der Waals surface area contributed by atoms with Gasteiger partial charge in [0.2, 0.25) is 0 Å². The molecule has 16 heavy (non-hydrogen) atoms. The van der Waals surface area contributed by atoms with Crippen LogP contribution >= 0.6 is 0 Å². The van der Waals surface area contributed by atoms with Gasteiger partial charge >= 0.3 is 0 Å². The first-order chi connectivity index (χ1) is 7.60. The van der Waals surface area contributed by atoms with Gasteiger partial charge in [0, 0.05) is 32.5 Å². The van der Waals surface area contributed by atoms with Gasteiger partial charge in [-0.05, 0) is 19.4 Å². The van der Waals surface area contributed by atoms with Gasteiger partial charge in [-0.25, -0.2) is 4.98 Å². The van der Waals surface area contributed by atoms with Crippen LogP contribution < -0.4 is 16.2 Å². The minimum Gasteiger partial charge on any atom is -0.355 e. The van der Waals surface area contributed by atoms with Crippen molar-refractivity contribution in [1.29, 1.82) is 0 Å². The maximum atomic E-state index is 11.9. The molecular weight excluding hydrogens is 204 g/mol. The van der Waals surface area contributed by atoms with E-state index >= 15 is 0 Å². The van der Waals surface area contributed by atoms with Crippen LogP contribution in [0.5, 0.6) is 0 Å². The third-order valence-corrected chi connectivity index (χ3v) is 2.59. The second-order valence-electron chi connectivity index (χ2n) is 4.06. The highest BCUT2D eigenvalue weighted by molar-refractivity contribution is 5.34. The molecule has 0 amide bonds. The number of hydrogen-bond donors (Lipinski definition) is 1. The molecule has 0 saturated carbocycles. The minimum absolute atomic E-state index is 0.0447. The predicted octanol–water partition coefficient (Wildman–Crippen LogP) is 0.294. The lowest BCUT2D eigenvalue weighted by atomic mass is 10.2. The maximum Gasteiger partial charge on any atom is 0.293 e. The molecule has 0 aliphatic heterocycles. The fraction of sp³-hybridized carbons (Fsp3) is 0.636. The Labute approximate surface area is 95.9 Å².